The molecular formula is C19H12FN3OS. The van der Waals surface area contributed by atoms with Crippen molar-refractivity contribution in [2.75, 3.05) is 0 Å². The highest BCUT2D eigenvalue weighted by molar-refractivity contribution is 7.13. The molecule has 0 aliphatic heterocycles. The molecule has 4 aromatic rings. The molecule has 2 heterocycles. The van der Waals surface area contributed by atoms with Gasteiger partial charge in [0.2, 0.25) is 5.91 Å². The molecule has 4 rings (SSSR count). The van der Waals surface area contributed by atoms with Gasteiger partial charge in [-0.3, -0.25) is 4.79 Å². The van der Waals surface area contributed by atoms with Gasteiger partial charge in [0, 0.05) is 11.1 Å². The molecule has 4 nitrogen and oxygen atoms in total. The number of fused-ring (bicyclic) bond motifs is 1. The van der Waals surface area contributed by atoms with Gasteiger partial charge in [0.1, 0.15) is 11.5 Å². The lowest BCUT2D eigenvalue weighted by Gasteiger charge is -2.09. The number of amides is 1. The van der Waals surface area contributed by atoms with E-state index in [-0.39, 0.29) is 5.82 Å². The highest BCUT2D eigenvalue weighted by Crippen LogP contribution is 2.33. The number of benzene rings is 2. The van der Waals surface area contributed by atoms with Gasteiger partial charge in [0.25, 0.3) is 0 Å². The zero-order chi connectivity index (χ0) is 17.4. The number of carbonyl (C=O) groups is 1. The molecule has 0 bridgehead atoms. The SMILES string of the molecule is NC(=O)c1ccc2nc(-c3cccs3)c(-c3ccc(F)cc3)nc2c1. The summed E-state index contributed by atoms with van der Waals surface area (Å²) in [5.41, 5.74) is 9.07. The monoisotopic (exact) mass is 349 g/mol. The summed E-state index contributed by atoms with van der Waals surface area (Å²) >= 11 is 1.55. The number of hydrogen-bond acceptors (Lipinski definition) is 4. The minimum atomic E-state index is -0.519. The Morgan fingerprint density at radius 2 is 1.72 bits per heavy atom. The first-order valence-corrected chi connectivity index (χ1v) is 8.41. The van der Waals surface area contributed by atoms with Crippen LogP contribution in [0.3, 0.4) is 0 Å². The Morgan fingerprint density at radius 3 is 2.40 bits per heavy atom. The summed E-state index contributed by atoms with van der Waals surface area (Å²) in [7, 11) is 0. The zero-order valence-corrected chi connectivity index (χ0v) is 13.8. The summed E-state index contributed by atoms with van der Waals surface area (Å²) in [6, 6.07) is 15.0. The van der Waals surface area contributed by atoms with Crippen LogP contribution in [0.25, 0.3) is 32.9 Å². The standard InChI is InChI=1S/C19H12FN3OS/c20-13-6-3-11(4-7-13)17-18(16-2-1-9-25-16)22-14-8-5-12(19(21)24)10-15(14)23-17/h1-10H,(H2,21,24). The van der Waals surface area contributed by atoms with E-state index in [0.29, 0.717) is 22.3 Å². The van der Waals surface area contributed by atoms with E-state index < -0.39 is 5.91 Å². The third-order valence-corrected chi connectivity index (χ3v) is 4.70. The molecule has 2 aromatic carbocycles. The van der Waals surface area contributed by atoms with Crippen LogP contribution in [0.15, 0.2) is 60.0 Å². The van der Waals surface area contributed by atoms with Gasteiger partial charge >= 0.3 is 0 Å². The van der Waals surface area contributed by atoms with Crippen molar-refractivity contribution in [2.24, 2.45) is 5.73 Å². The Hall–Kier alpha value is -3.12. The van der Waals surface area contributed by atoms with Gasteiger partial charge in [-0.1, -0.05) is 6.07 Å². The Bertz CT molecular complexity index is 1080. The van der Waals surface area contributed by atoms with E-state index >= 15 is 0 Å². The summed E-state index contributed by atoms with van der Waals surface area (Å²) < 4.78 is 13.3. The Balaban J connectivity index is 2.00. The van der Waals surface area contributed by atoms with E-state index in [1.165, 1.54) is 12.1 Å². The minimum absolute atomic E-state index is 0.314. The number of aromatic nitrogens is 2. The topological polar surface area (TPSA) is 68.9 Å². The van der Waals surface area contributed by atoms with Crippen molar-refractivity contribution >= 4 is 28.3 Å². The molecule has 0 spiro atoms. The molecule has 0 radical (unpaired) electrons. The van der Waals surface area contributed by atoms with Gasteiger partial charge in [-0.25, -0.2) is 14.4 Å². The number of halogens is 1. The number of thiophene rings is 1. The van der Waals surface area contributed by atoms with Crippen LogP contribution in [0, 0.1) is 5.82 Å². The molecule has 0 atom stereocenters. The predicted octanol–water partition coefficient (Wildman–Crippen LogP) is 4.26. The molecule has 1 amide bonds. The lowest BCUT2D eigenvalue weighted by molar-refractivity contribution is 0.100. The van der Waals surface area contributed by atoms with Crippen LogP contribution in [0.5, 0.6) is 0 Å². The molecule has 0 unspecified atom stereocenters. The van der Waals surface area contributed by atoms with E-state index in [0.717, 1.165) is 16.1 Å². The molecule has 0 saturated carbocycles. The summed E-state index contributed by atoms with van der Waals surface area (Å²) in [6.07, 6.45) is 0. The molecule has 122 valence electrons. The van der Waals surface area contributed by atoms with Gasteiger partial charge in [-0.15, -0.1) is 11.3 Å². The first kappa shape index (κ1) is 15.4. The quantitative estimate of drug-likeness (QED) is 0.601. The summed E-state index contributed by atoms with van der Waals surface area (Å²) in [5.74, 6) is -0.833. The van der Waals surface area contributed by atoms with Gasteiger partial charge in [0.05, 0.1) is 21.6 Å². The van der Waals surface area contributed by atoms with Crippen LogP contribution in [0.1, 0.15) is 10.4 Å². The van der Waals surface area contributed by atoms with Crippen molar-refractivity contribution in [1.82, 2.24) is 9.97 Å². The summed E-state index contributed by atoms with van der Waals surface area (Å²) in [5, 5.41) is 1.96. The first-order chi connectivity index (χ1) is 12.1. The third kappa shape index (κ3) is 2.88. The highest BCUT2D eigenvalue weighted by Gasteiger charge is 2.15. The summed E-state index contributed by atoms with van der Waals surface area (Å²) in [4.78, 5) is 21.8. The normalized spacial score (nSPS) is 10.9. The molecule has 25 heavy (non-hydrogen) atoms. The third-order valence-electron chi connectivity index (χ3n) is 3.82. The van der Waals surface area contributed by atoms with Crippen molar-refractivity contribution in [3.8, 4) is 21.8 Å². The second kappa shape index (κ2) is 6.07. The van der Waals surface area contributed by atoms with E-state index in [2.05, 4.69) is 4.98 Å². The fraction of sp³-hybridized carbons (Fsp3) is 0. The van der Waals surface area contributed by atoms with Crippen molar-refractivity contribution in [1.29, 1.82) is 0 Å². The van der Waals surface area contributed by atoms with Gasteiger partial charge in [-0.2, -0.15) is 0 Å². The number of nitrogens with zero attached hydrogens (tertiary/aromatic N) is 2. The van der Waals surface area contributed by atoms with Crippen molar-refractivity contribution in [3.05, 3.63) is 71.4 Å². The average Bonchev–Trinajstić information content (AvgIpc) is 3.15. The maximum Gasteiger partial charge on any atom is 0.248 e. The van der Waals surface area contributed by atoms with Gasteiger partial charge in [0.15, 0.2) is 0 Å². The lowest BCUT2D eigenvalue weighted by Crippen LogP contribution is -2.10. The first-order valence-electron chi connectivity index (χ1n) is 7.53. The van der Waals surface area contributed by atoms with Gasteiger partial charge < -0.3 is 5.73 Å². The van der Waals surface area contributed by atoms with Crippen LogP contribution in [-0.2, 0) is 0 Å². The second-order valence-corrected chi connectivity index (χ2v) is 6.42. The van der Waals surface area contributed by atoms with Crippen molar-refractivity contribution in [3.63, 3.8) is 0 Å². The van der Waals surface area contributed by atoms with Crippen LogP contribution in [-0.4, -0.2) is 15.9 Å². The Labute approximate surface area is 146 Å². The maximum atomic E-state index is 13.3. The Morgan fingerprint density at radius 1 is 0.960 bits per heavy atom. The number of carbonyl (C=O) groups excluding carboxylic acids is 1. The smallest absolute Gasteiger partial charge is 0.248 e. The van der Waals surface area contributed by atoms with Crippen LogP contribution >= 0.6 is 11.3 Å². The minimum Gasteiger partial charge on any atom is -0.366 e. The van der Waals surface area contributed by atoms with E-state index in [4.69, 9.17) is 10.7 Å². The van der Waals surface area contributed by atoms with E-state index in [9.17, 15) is 9.18 Å². The number of rotatable bonds is 3. The molecule has 2 N–H and O–H groups in total. The van der Waals surface area contributed by atoms with E-state index in [1.807, 2.05) is 17.5 Å². The van der Waals surface area contributed by atoms with Crippen LogP contribution in [0.2, 0.25) is 0 Å². The lowest BCUT2D eigenvalue weighted by atomic mass is 10.1. The fourth-order valence-electron chi connectivity index (χ4n) is 2.60. The fourth-order valence-corrected chi connectivity index (χ4v) is 3.32. The Kier molecular flexibility index (Phi) is 3.74. The predicted molar refractivity (Wildman–Crippen MR) is 96.8 cm³/mol. The molecule has 0 aliphatic rings. The molecule has 6 heteroatoms. The molecular weight excluding hydrogens is 337 g/mol. The summed E-state index contributed by atoms with van der Waals surface area (Å²) in [6.45, 7) is 0. The van der Waals surface area contributed by atoms with Crippen LogP contribution < -0.4 is 5.73 Å². The van der Waals surface area contributed by atoms with Crippen LogP contribution in [0.4, 0.5) is 4.39 Å². The highest BCUT2D eigenvalue weighted by atomic mass is 32.1. The largest absolute Gasteiger partial charge is 0.366 e. The number of hydrogen-bond donors (Lipinski definition) is 1. The van der Waals surface area contributed by atoms with Crippen molar-refractivity contribution in [2.45, 2.75) is 0 Å². The van der Waals surface area contributed by atoms with Crippen molar-refractivity contribution < 1.29 is 9.18 Å². The second-order valence-electron chi connectivity index (χ2n) is 5.47. The molecule has 2 aromatic heterocycles. The zero-order valence-electron chi connectivity index (χ0n) is 12.9. The molecule has 0 saturated heterocycles. The molecule has 0 aliphatic carbocycles. The number of nitrogens with two attached hydrogens (primary N) is 1. The number of primary amides is 1. The average molecular weight is 349 g/mol. The van der Waals surface area contributed by atoms with E-state index in [1.54, 1.807) is 41.7 Å². The van der Waals surface area contributed by atoms with Gasteiger partial charge in [-0.05, 0) is 53.9 Å². The molecule has 0 fully saturated rings. The maximum absolute atomic E-state index is 13.3.